The van der Waals surface area contributed by atoms with Gasteiger partial charge in [0, 0.05) is 18.9 Å². The van der Waals surface area contributed by atoms with Crippen molar-refractivity contribution in [1.29, 1.82) is 0 Å². The number of fused-ring (bicyclic) bond motifs is 2. The van der Waals surface area contributed by atoms with Gasteiger partial charge in [-0.15, -0.1) is 0 Å². The van der Waals surface area contributed by atoms with Crippen LogP contribution in [-0.2, 0) is 20.7 Å². The molecule has 6 bridgehead atoms. The lowest BCUT2D eigenvalue weighted by atomic mass is 9.57. The molecule has 0 spiro atoms. The topological polar surface area (TPSA) is 65.1 Å². The van der Waals surface area contributed by atoms with Crippen molar-refractivity contribution >= 4 is 11.8 Å². The number of esters is 1. The van der Waals surface area contributed by atoms with E-state index in [-0.39, 0.29) is 23.7 Å². The number of nitrogens with zero attached hydrogens (tertiary/aromatic N) is 1. The fraction of sp³-hybridized carbons (Fsp3) is 0.545. The van der Waals surface area contributed by atoms with Gasteiger partial charge in [-0.1, -0.05) is 12.1 Å². The summed E-state index contributed by atoms with van der Waals surface area (Å²) < 4.78 is 17.6. The molecule has 1 saturated heterocycles. The van der Waals surface area contributed by atoms with E-state index in [4.69, 9.17) is 14.2 Å². The van der Waals surface area contributed by atoms with Crippen LogP contribution in [0.3, 0.4) is 0 Å². The normalized spacial score (nSPS) is 33.7. The third-order valence-electron chi connectivity index (χ3n) is 6.65. The van der Waals surface area contributed by atoms with Crippen LogP contribution in [0.1, 0.15) is 25.8 Å². The summed E-state index contributed by atoms with van der Waals surface area (Å²) in [5.41, 5.74) is 0.390. The van der Waals surface area contributed by atoms with Gasteiger partial charge in [0.1, 0.15) is 5.78 Å². The fourth-order valence-corrected chi connectivity index (χ4v) is 5.24. The fourth-order valence-electron chi connectivity index (χ4n) is 5.24. The van der Waals surface area contributed by atoms with Gasteiger partial charge in [-0.2, -0.15) is 0 Å². The number of Topliss-reactive ketones (excluding diaryl/α,β-unsaturated/α-hetero) is 1. The number of hydrogen-bond donors (Lipinski definition) is 0. The maximum atomic E-state index is 13.2. The van der Waals surface area contributed by atoms with Gasteiger partial charge < -0.3 is 19.1 Å². The minimum Gasteiger partial charge on any atom is -0.493 e. The average Bonchev–Trinajstić information content (AvgIpc) is 2.66. The third kappa shape index (κ3) is 2.82. The Labute approximate surface area is 165 Å². The van der Waals surface area contributed by atoms with Crippen LogP contribution < -0.4 is 9.47 Å². The molecule has 0 saturated carbocycles. The Balaban J connectivity index is 1.92. The van der Waals surface area contributed by atoms with Crippen molar-refractivity contribution in [1.82, 2.24) is 4.90 Å². The summed E-state index contributed by atoms with van der Waals surface area (Å²) in [7, 11) is 3.71. The summed E-state index contributed by atoms with van der Waals surface area (Å²) in [6.07, 6.45) is 4.22. The molecule has 1 aromatic rings. The summed E-state index contributed by atoms with van der Waals surface area (Å²) in [5, 5.41) is 0. The molecule has 2 aliphatic heterocycles. The molecule has 1 aliphatic carbocycles. The number of piperidine rings is 1. The van der Waals surface area contributed by atoms with Gasteiger partial charge in [0.25, 0.3) is 0 Å². The number of ketones is 1. The number of hydrogen-bond acceptors (Lipinski definition) is 6. The van der Waals surface area contributed by atoms with E-state index in [9.17, 15) is 9.59 Å². The van der Waals surface area contributed by atoms with Crippen LogP contribution in [-0.4, -0.2) is 55.6 Å². The highest BCUT2D eigenvalue weighted by atomic mass is 16.6. The molecule has 4 rings (SSSR count). The molecule has 0 unspecified atom stereocenters. The second-order valence-corrected chi connectivity index (χ2v) is 8.11. The summed E-state index contributed by atoms with van der Waals surface area (Å²) in [6.45, 7) is 3.81. The Morgan fingerprint density at radius 1 is 1.25 bits per heavy atom. The summed E-state index contributed by atoms with van der Waals surface area (Å²) >= 11 is 0. The SMILES string of the molecule is COc1ccc2cc1O[C@H]1[C@@H](OC(C)=O)C=C[C@H]3[C@@H](C2)N(C)CC[C@]31C(C)=O. The first kappa shape index (κ1) is 19.0. The highest BCUT2D eigenvalue weighted by Gasteiger charge is 2.60. The lowest BCUT2D eigenvalue weighted by molar-refractivity contribution is -0.168. The molecular formula is C22H27NO5. The van der Waals surface area contributed by atoms with Gasteiger partial charge in [0.15, 0.2) is 23.7 Å². The average molecular weight is 385 g/mol. The van der Waals surface area contributed by atoms with E-state index >= 15 is 0 Å². The Kier molecular flexibility index (Phi) is 4.70. The molecule has 1 aromatic carbocycles. The van der Waals surface area contributed by atoms with E-state index in [1.165, 1.54) is 6.92 Å². The molecule has 0 aromatic heterocycles. The number of ether oxygens (including phenoxy) is 3. The first-order valence-electron chi connectivity index (χ1n) is 9.77. The number of carbonyl (C=O) groups excluding carboxylic acids is 2. The number of carbonyl (C=O) groups is 2. The van der Waals surface area contributed by atoms with Crippen molar-refractivity contribution < 1.29 is 23.8 Å². The minimum atomic E-state index is -0.746. The highest BCUT2D eigenvalue weighted by Crippen LogP contribution is 2.51. The second-order valence-electron chi connectivity index (χ2n) is 8.11. The van der Waals surface area contributed by atoms with E-state index < -0.39 is 17.6 Å². The molecule has 0 N–H and O–H groups in total. The molecule has 0 amide bonds. The molecule has 28 heavy (non-hydrogen) atoms. The maximum absolute atomic E-state index is 13.2. The third-order valence-corrected chi connectivity index (χ3v) is 6.65. The zero-order chi connectivity index (χ0) is 20.1. The van der Waals surface area contributed by atoms with E-state index in [2.05, 4.69) is 18.0 Å². The van der Waals surface area contributed by atoms with Gasteiger partial charge >= 0.3 is 5.97 Å². The van der Waals surface area contributed by atoms with Crippen molar-refractivity contribution in [2.24, 2.45) is 11.3 Å². The van der Waals surface area contributed by atoms with Crippen LogP contribution in [0.25, 0.3) is 0 Å². The molecule has 1 fully saturated rings. The summed E-state index contributed by atoms with van der Waals surface area (Å²) in [6, 6.07) is 6.10. The smallest absolute Gasteiger partial charge is 0.303 e. The molecule has 6 nitrogen and oxygen atoms in total. The van der Waals surface area contributed by atoms with Gasteiger partial charge in [-0.3, -0.25) is 9.59 Å². The number of likely N-dealkylation sites (N-methyl/N-ethyl adjacent to an activating group) is 1. The van der Waals surface area contributed by atoms with Crippen molar-refractivity contribution in [2.75, 3.05) is 20.7 Å². The minimum absolute atomic E-state index is 0.0131. The predicted molar refractivity (Wildman–Crippen MR) is 103 cm³/mol. The number of benzene rings is 1. The lowest BCUT2D eigenvalue weighted by Gasteiger charge is -2.54. The Morgan fingerprint density at radius 3 is 2.71 bits per heavy atom. The van der Waals surface area contributed by atoms with E-state index in [0.29, 0.717) is 17.9 Å². The van der Waals surface area contributed by atoms with Crippen LogP contribution >= 0.6 is 0 Å². The van der Waals surface area contributed by atoms with Crippen LogP contribution in [0.2, 0.25) is 0 Å². The van der Waals surface area contributed by atoms with Crippen LogP contribution in [0, 0.1) is 11.3 Å². The standard InChI is InChI=1S/C22H27NO5/c1-13(24)22-9-10-23(3)17-11-15-5-7-18(26-4)20(12-15)28-21(22)19(27-14(2)25)8-6-16(17)22/h5-8,12,16-17,19,21H,9-11H2,1-4H3/t16-,17+,19-,21-,22-/m0/s1. The summed E-state index contributed by atoms with van der Waals surface area (Å²) in [5.74, 6) is 0.879. The maximum Gasteiger partial charge on any atom is 0.303 e. The van der Waals surface area contributed by atoms with Crippen LogP contribution in [0.15, 0.2) is 30.4 Å². The van der Waals surface area contributed by atoms with Crippen molar-refractivity contribution in [3.63, 3.8) is 0 Å². The molecule has 3 aliphatic rings. The molecule has 5 atom stereocenters. The van der Waals surface area contributed by atoms with Crippen molar-refractivity contribution in [3.05, 3.63) is 35.9 Å². The number of likely N-dealkylation sites (tertiary alicyclic amines) is 1. The first-order valence-corrected chi connectivity index (χ1v) is 9.77. The first-order chi connectivity index (χ1) is 13.4. The van der Waals surface area contributed by atoms with Gasteiger partial charge in [-0.25, -0.2) is 0 Å². The van der Waals surface area contributed by atoms with Gasteiger partial charge in [-0.05, 0) is 57.1 Å². The zero-order valence-electron chi connectivity index (χ0n) is 16.8. The molecule has 0 radical (unpaired) electrons. The Hall–Kier alpha value is -2.34. The largest absolute Gasteiger partial charge is 0.493 e. The van der Waals surface area contributed by atoms with Gasteiger partial charge in [0.05, 0.1) is 12.5 Å². The molecule has 6 heteroatoms. The Bertz CT molecular complexity index is 834. The number of methoxy groups -OCH3 is 1. The molecule has 150 valence electrons. The molecular weight excluding hydrogens is 358 g/mol. The van der Waals surface area contributed by atoms with E-state index in [1.807, 2.05) is 24.3 Å². The summed E-state index contributed by atoms with van der Waals surface area (Å²) in [4.78, 5) is 27.2. The Morgan fingerprint density at radius 2 is 2.04 bits per heavy atom. The van der Waals surface area contributed by atoms with E-state index in [0.717, 1.165) is 18.5 Å². The van der Waals surface area contributed by atoms with E-state index in [1.54, 1.807) is 14.0 Å². The monoisotopic (exact) mass is 385 g/mol. The van der Waals surface area contributed by atoms with Crippen molar-refractivity contribution in [3.8, 4) is 11.5 Å². The number of rotatable bonds is 3. The predicted octanol–water partition coefficient (Wildman–Crippen LogP) is 2.40. The quantitative estimate of drug-likeness (QED) is 0.588. The zero-order valence-corrected chi connectivity index (χ0v) is 16.8. The van der Waals surface area contributed by atoms with Crippen LogP contribution in [0.5, 0.6) is 11.5 Å². The molecule has 2 heterocycles. The highest BCUT2D eigenvalue weighted by molar-refractivity contribution is 5.85. The lowest BCUT2D eigenvalue weighted by Crippen LogP contribution is -2.65. The van der Waals surface area contributed by atoms with Crippen LogP contribution in [0.4, 0.5) is 0 Å². The van der Waals surface area contributed by atoms with Crippen molar-refractivity contribution in [2.45, 2.75) is 44.9 Å². The van der Waals surface area contributed by atoms with Gasteiger partial charge in [0.2, 0.25) is 0 Å². The second kappa shape index (κ2) is 6.92.